The number of nitrogens with one attached hydrogen (secondary N) is 1. The molecule has 0 radical (unpaired) electrons. The zero-order valence-corrected chi connectivity index (χ0v) is 16.3. The van der Waals surface area contributed by atoms with Crippen molar-refractivity contribution in [3.05, 3.63) is 36.3 Å². The summed E-state index contributed by atoms with van der Waals surface area (Å²) in [6.45, 7) is 0.702. The second-order valence-electron chi connectivity index (χ2n) is 6.72. The molecule has 142 valence electrons. The second-order valence-corrected chi connectivity index (χ2v) is 9.76. The van der Waals surface area contributed by atoms with E-state index in [0.717, 1.165) is 28.5 Å². The number of H-pyrrole nitrogens is 1. The van der Waals surface area contributed by atoms with Gasteiger partial charge in [-0.3, -0.25) is 4.79 Å². The Balaban J connectivity index is 2.04. The SMILES string of the molecule is CS(=O)(=O)c1ccnc2c1c(Sc1ccc[nH]1)c1n2CCCC1CC(=O)O. The predicted octanol–water partition coefficient (Wildman–Crippen LogP) is 3.27. The van der Waals surface area contributed by atoms with Gasteiger partial charge in [0.25, 0.3) is 0 Å². The highest BCUT2D eigenvalue weighted by Crippen LogP contribution is 2.46. The van der Waals surface area contributed by atoms with Gasteiger partial charge >= 0.3 is 5.97 Å². The molecule has 0 aliphatic carbocycles. The van der Waals surface area contributed by atoms with Gasteiger partial charge in [0.05, 0.1) is 21.7 Å². The zero-order valence-electron chi connectivity index (χ0n) is 14.7. The number of rotatable bonds is 5. The van der Waals surface area contributed by atoms with E-state index in [4.69, 9.17) is 0 Å². The molecule has 3 aromatic rings. The summed E-state index contributed by atoms with van der Waals surface area (Å²) in [6.07, 6.45) is 6.12. The van der Waals surface area contributed by atoms with Gasteiger partial charge < -0.3 is 14.7 Å². The number of fused-ring (bicyclic) bond motifs is 3. The molecule has 1 unspecified atom stereocenters. The van der Waals surface area contributed by atoms with Crippen molar-refractivity contribution in [2.75, 3.05) is 6.26 Å². The van der Waals surface area contributed by atoms with Crippen LogP contribution >= 0.6 is 11.8 Å². The molecule has 0 amide bonds. The number of carboxylic acids is 1. The van der Waals surface area contributed by atoms with Crippen molar-refractivity contribution in [1.29, 1.82) is 0 Å². The van der Waals surface area contributed by atoms with E-state index in [2.05, 4.69) is 9.97 Å². The van der Waals surface area contributed by atoms with E-state index >= 15 is 0 Å². The van der Waals surface area contributed by atoms with Crippen molar-refractivity contribution in [2.45, 2.75) is 46.5 Å². The molecule has 27 heavy (non-hydrogen) atoms. The average molecular weight is 406 g/mol. The van der Waals surface area contributed by atoms with Gasteiger partial charge in [0.15, 0.2) is 9.84 Å². The Morgan fingerprint density at radius 3 is 2.93 bits per heavy atom. The summed E-state index contributed by atoms with van der Waals surface area (Å²) >= 11 is 1.43. The molecule has 0 saturated carbocycles. The number of hydrogen-bond donors (Lipinski definition) is 2. The first kappa shape index (κ1) is 18.1. The van der Waals surface area contributed by atoms with E-state index in [1.165, 1.54) is 30.3 Å². The van der Waals surface area contributed by atoms with Crippen LogP contribution in [0, 0.1) is 0 Å². The third kappa shape index (κ3) is 3.25. The molecule has 0 saturated heterocycles. The van der Waals surface area contributed by atoms with Crippen LogP contribution in [0.15, 0.2) is 45.4 Å². The molecule has 1 atom stereocenters. The molecule has 4 heterocycles. The summed E-state index contributed by atoms with van der Waals surface area (Å²) < 4.78 is 26.9. The molecular weight excluding hydrogens is 386 g/mol. The number of hydrogen-bond acceptors (Lipinski definition) is 5. The number of pyridine rings is 1. The summed E-state index contributed by atoms with van der Waals surface area (Å²) in [5, 5.41) is 10.8. The van der Waals surface area contributed by atoms with Crippen LogP contribution in [0.3, 0.4) is 0 Å². The smallest absolute Gasteiger partial charge is 0.304 e. The Hall–Kier alpha value is -2.26. The van der Waals surface area contributed by atoms with E-state index in [0.29, 0.717) is 17.6 Å². The molecule has 9 heteroatoms. The van der Waals surface area contributed by atoms with E-state index in [1.54, 1.807) is 6.20 Å². The van der Waals surface area contributed by atoms with Crippen LogP contribution in [0.5, 0.6) is 0 Å². The summed E-state index contributed by atoms with van der Waals surface area (Å²) in [5.41, 5.74) is 1.49. The van der Waals surface area contributed by atoms with E-state index < -0.39 is 15.8 Å². The van der Waals surface area contributed by atoms with Gasteiger partial charge in [0.1, 0.15) is 5.65 Å². The molecule has 1 aliphatic rings. The lowest BCUT2D eigenvalue weighted by atomic mass is 9.93. The monoisotopic (exact) mass is 405 g/mol. The maximum Gasteiger partial charge on any atom is 0.304 e. The molecule has 3 aromatic heterocycles. The molecular formula is C18H19N3O4S2. The number of nitrogens with zero attached hydrogens (tertiary/aromatic N) is 2. The van der Waals surface area contributed by atoms with Crippen molar-refractivity contribution in [1.82, 2.24) is 14.5 Å². The first-order valence-electron chi connectivity index (χ1n) is 8.60. The lowest BCUT2D eigenvalue weighted by Crippen LogP contribution is -2.18. The Kier molecular flexibility index (Phi) is 4.51. The topological polar surface area (TPSA) is 105 Å². The number of carbonyl (C=O) groups is 1. The van der Waals surface area contributed by atoms with Gasteiger partial charge in [0.2, 0.25) is 0 Å². The minimum atomic E-state index is -3.46. The summed E-state index contributed by atoms with van der Waals surface area (Å²) in [5.74, 6) is -1.03. The number of sulfone groups is 1. The van der Waals surface area contributed by atoms with Crippen molar-refractivity contribution in [3.63, 3.8) is 0 Å². The van der Waals surface area contributed by atoms with Crippen molar-refractivity contribution >= 4 is 38.6 Å². The Morgan fingerprint density at radius 2 is 2.26 bits per heavy atom. The van der Waals surface area contributed by atoms with E-state index in [1.807, 2.05) is 16.7 Å². The van der Waals surface area contributed by atoms with Gasteiger partial charge in [-0.25, -0.2) is 13.4 Å². The molecule has 7 nitrogen and oxygen atoms in total. The third-order valence-corrected chi connectivity index (χ3v) is 7.05. The number of aliphatic carboxylic acids is 1. The van der Waals surface area contributed by atoms with Gasteiger partial charge in [-0.2, -0.15) is 0 Å². The maximum absolute atomic E-state index is 12.4. The fourth-order valence-electron chi connectivity index (χ4n) is 3.79. The Morgan fingerprint density at radius 1 is 1.44 bits per heavy atom. The quantitative estimate of drug-likeness (QED) is 0.675. The molecule has 0 fully saturated rings. The van der Waals surface area contributed by atoms with Crippen LogP contribution in [0.1, 0.15) is 30.9 Å². The molecule has 0 aromatic carbocycles. The highest BCUT2D eigenvalue weighted by atomic mass is 32.2. The predicted molar refractivity (Wildman–Crippen MR) is 102 cm³/mol. The molecule has 0 spiro atoms. The summed E-state index contributed by atoms with van der Waals surface area (Å²) in [4.78, 5) is 20.0. The van der Waals surface area contributed by atoms with Crippen LogP contribution in [-0.4, -0.2) is 40.3 Å². The largest absolute Gasteiger partial charge is 0.481 e. The third-order valence-electron chi connectivity index (χ3n) is 4.82. The highest BCUT2D eigenvalue weighted by molar-refractivity contribution is 7.99. The lowest BCUT2D eigenvalue weighted by Gasteiger charge is -2.25. The van der Waals surface area contributed by atoms with Gasteiger partial charge in [0, 0.05) is 41.7 Å². The van der Waals surface area contributed by atoms with E-state index in [-0.39, 0.29) is 17.2 Å². The second kappa shape index (κ2) is 6.72. The van der Waals surface area contributed by atoms with Crippen LogP contribution in [-0.2, 0) is 21.2 Å². The minimum Gasteiger partial charge on any atom is -0.481 e. The van der Waals surface area contributed by atoms with Gasteiger partial charge in [-0.05, 0) is 31.0 Å². The van der Waals surface area contributed by atoms with Crippen LogP contribution in [0.25, 0.3) is 11.0 Å². The van der Waals surface area contributed by atoms with Crippen LogP contribution in [0.2, 0.25) is 0 Å². The highest BCUT2D eigenvalue weighted by Gasteiger charge is 2.32. The first-order valence-corrected chi connectivity index (χ1v) is 11.3. The van der Waals surface area contributed by atoms with Gasteiger partial charge in [-0.15, -0.1) is 0 Å². The summed E-state index contributed by atoms with van der Waals surface area (Å²) in [6, 6.07) is 5.30. The van der Waals surface area contributed by atoms with Gasteiger partial charge in [-0.1, -0.05) is 11.8 Å². The average Bonchev–Trinajstić information content (AvgIpc) is 3.21. The number of aromatic nitrogens is 3. The molecule has 1 aliphatic heterocycles. The first-order chi connectivity index (χ1) is 12.9. The normalized spacial score (nSPS) is 17.1. The number of aromatic amines is 1. The van der Waals surface area contributed by atoms with Crippen molar-refractivity contribution in [3.8, 4) is 0 Å². The Bertz CT molecular complexity index is 1120. The standard InChI is InChI=1S/C18H19N3O4S2/c1-27(24,25)12-6-8-20-18-15(12)17(26-13-5-2-7-19-13)16-11(10-14(22)23)4-3-9-21(16)18/h2,5-8,11,19H,3-4,9-10H2,1H3,(H,22,23). The van der Waals surface area contributed by atoms with Crippen molar-refractivity contribution < 1.29 is 18.3 Å². The molecule has 2 N–H and O–H groups in total. The lowest BCUT2D eigenvalue weighted by molar-refractivity contribution is -0.137. The Labute approximate surface area is 160 Å². The van der Waals surface area contributed by atoms with Crippen LogP contribution < -0.4 is 0 Å². The number of carboxylic acid groups (broad SMARTS) is 1. The number of aryl methyl sites for hydroxylation is 1. The minimum absolute atomic E-state index is 0.0167. The fourth-order valence-corrected chi connectivity index (χ4v) is 5.91. The van der Waals surface area contributed by atoms with Crippen molar-refractivity contribution in [2.24, 2.45) is 0 Å². The van der Waals surface area contributed by atoms with Crippen LogP contribution in [0.4, 0.5) is 0 Å². The zero-order chi connectivity index (χ0) is 19.2. The maximum atomic E-state index is 12.4. The molecule has 0 bridgehead atoms. The summed E-state index contributed by atoms with van der Waals surface area (Å²) in [7, 11) is -3.46. The fraction of sp³-hybridized carbons (Fsp3) is 0.333. The molecule has 4 rings (SSSR count). The van der Waals surface area contributed by atoms with E-state index in [9.17, 15) is 18.3 Å².